The van der Waals surface area contributed by atoms with Crippen LogP contribution in [0.4, 0.5) is 4.79 Å². The molecule has 0 saturated carbocycles. The Morgan fingerprint density at radius 1 is 1.24 bits per heavy atom. The Labute approximate surface area is 134 Å². The lowest BCUT2D eigenvalue weighted by Gasteiger charge is -2.31. The van der Waals surface area contributed by atoms with Crippen LogP contribution in [0.15, 0.2) is 10.6 Å². The average Bonchev–Trinajstić information content (AvgIpc) is 2.42. The first-order chi connectivity index (χ1) is 9.76. The van der Waals surface area contributed by atoms with Gasteiger partial charge in [0.1, 0.15) is 5.60 Å². The number of carbonyl (C=O) groups is 1. The zero-order valence-corrected chi connectivity index (χ0v) is 14.8. The molecule has 0 unspecified atom stereocenters. The molecule has 1 saturated heterocycles. The van der Waals surface area contributed by atoms with E-state index in [4.69, 9.17) is 16.3 Å². The van der Waals surface area contributed by atoms with E-state index in [-0.39, 0.29) is 6.09 Å². The quantitative estimate of drug-likeness (QED) is 0.789. The summed E-state index contributed by atoms with van der Waals surface area (Å²) in [7, 11) is 0. The van der Waals surface area contributed by atoms with Crippen LogP contribution in [0, 0.1) is 0 Å². The predicted molar refractivity (Wildman–Crippen MR) is 87.7 cm³/mol. The van der Waals surface area contributed by atoms with Crippen molar-refractivity contribution in [1.82, 2.24) is 9.80 Å². The Bertz CT molecular complexity index is 374. The van der Waals surface area contributed by atoms with Crippen molar-refractivity contribution in [1.29, 1.82) is 0 Å². The number of hydrogen-bond acceptors (Lipinski definition) is 3. The van der Waals surface area contributed by atoms with E-state index in [1.165, 1.54) is 5.57 Å². The van der Waals surface area contributed by atoms with Gasteiger partial charge in [-0.15, -0.1) is 0 Å². The van der Waals surface area contributed by atoms with Gasteiger partial charge in [-0.2, -0.15) is 0 Å². The highest BCUT2D eigenvalue weighted by atomic mass is 35.5. The molecule has 0 aromatic carbocycles. The van der Waals surface area contributed by atoms with Crippen LogP contribution in [-0.2, 0) is 4.74 Å². The molecule has 1 amide bonds. The number of piperidine rings is 1. The monoisotopic (exact) mass is 316 g/mol. The molecule has 0 aliphatic carbocycles. The number of nitrogens with zero attached hydrogens (tertiary/aromatic N) is 2. The van der Waals surface area contributed by atoms with Gasteiger partial charge in [-0.25, -0.2) is 4.79 Å². The van der Waals surface area contributed by atoms with E-state index in [0.29, 0.717) is 13.1 Å². The lowest BCUT2D eigenvalue weighted by Crippen LogP contribution is -2.40. The normalized spacial score (nSPS) is 16.3. The molecule has 0 N–H and O–H groups in total. The molecule has 1 aliphatic rings. The minimum atomic E-state index is -0.437. The molecule has 1 fully saturated rings. The van der Waals surface area contributed by atoms with Crippen molar-refractivity contribution in [2.75, 3.05) is 32.7 Å². The smallest absolute Gasteiger partial charge is 0.410 e. The second kappa shape index (κ2) is 8.04. The minimum absolute atomic E-state index is 0.221. The molecule has 1 aliphatic heterocycles. The fraction of sp³-hybridized carbons (Fsp3) is 0.812. The lowest BCUT2D eigenvalue weighted by molar-refractivity contribution is 0.0236. The van der Waals surface area contributed by atoms with E-state index in [1.54, 1.807) is 4.90 Å². The van der Waals surface area contributed by atoms with Gasteiger partial charge in [0.15, 0.2) is 0 Å². The van der Waals surface area contributed by atoms with Gasteiger partial charge in [0, 0.05) is 24.7 Å². The SMILES string of the molecule is CCN(CC)CC(Cl)=C1CCN(C(=O)OC(C)(C)C)CC1. The maximum Gasteiger partial charge on any atom is 0.410 e. The number of rotatable bonds is 4. The lowest BCUT2D eigenvalue weighted by atomic mass is 10.0. The van der Waals surface area contributed by atoms with Gasteiger partial charge >= 0.3 is 6.09 Å². The topological polar surface area (TPSA) is 32.8 Å². The second-order valence-electron chi connectivity index (χ2n) is 6.44. The Hall–Kier alpha value is -0.740. The highest BCUT2D eigenvalue weighted by Gasteiger charge is 2.25. The van der Waals surface area contributed by atoms with Crippen LogP contribution in [0.3, 0.4) is 0 Å². The summed E-state index contributed by atoms with van der Waals surface area (Å²) in [6, 6.07) is 0. The predicted octanol–water partition coefficient (Wildman–Crippen LogP) is 3.85. The summed E-state index contributed by atoms with van der Waals surface area (Å²) in [6.07, 6.45) is 1.47. The summed E-state index contributed by atoms with van der Waals surface area (Å²) in [5.41, 5.74) is 0.844. The summed E-state index contributed by atoms with van der Waals surface area (Å²) in [5.74, 6) is 0. The summed E-state index contributed by atoms with van der Waals surface area (Å²) in [5, 5.41) is 0.947. The largest absolute Gasteiger partial charge is 0.444 e. The Balaban J connectivity index is 2.53. The summed E-state index contributed by atoms with van der Waals surface area (Å²) >= 11 is 6.45. The van der Waals surface area contributed by atoms with Crippen LogP contribution in [-0.4, -0.2) is 54.2 Å². The van der Waals surface area contributed by atoms with Crippen LogP contribution in [0.25, 0.3) is 0 Å². The molecule has 0 spiro atoms. The zero-order chi connectivity index (χ0) is 16.0. The second-order valence-corrected chi connectivity index (χ2v) is 6.89. The first-order valence-electron chi connectivity index (χ1n) is 7.83. The highest BCUT2D eigenvalue weighted by Crippen LogP contribution is 2.24. The number of hydrogen-bond donors (Lipinski definition) is 0. The molecule has 5 heteroatoms. The van der Waals surface area contributed by atoms with Crippen molar-refractivity contribution < 1.29 is 9.53 Å². The van der Waals surface area contributed by atoms with Gasteiger partial charge in [-0.1, -0.05) is 31.0 Å². The highest BCUT2D eigenvalue weighted by molar-refractivity contribution is 6.30. The first kappa shape index (κ1) is 18.3. The van der Waals surface area contributed by atoms with E-state index in [0.717, 1.165) is 37.5 Å². The molecule has 1 rings (SSSR count). The molecule has 0 atom stereocenters. The van der Waals surface area contributed by atoms with Crippen LogP contribution >= 0.6 is 11.6 Å². The number of likely N-dealkylation sites (tertiary alicyclic amines) is 1. The summed E-state index contributed by atoms with van der Waals surface area (Å²) < 4.78 is 5.40. The molecule has 0 aromatic rings. The van der Waals surface area contributed by atoms with Gasteiger partial charge in [0.25, 0.3) is 0 Å². The molecule has 21 heavy (non-hydrogen) atoms. The molecular weight excluding hydrogens is 288 g/mol. The van der Waals surface area contributed by atoms with Gasteiger partial charge in [0.05, 0.1) is 0 Å². The molecule has 1 heterocycles. The van der Waals surface area contributed by atoms with Crippen molar-refractivity contribution in [3.8, 4) is 0 Å². The Morgan fingerprint density at radius 2 is 1.76 bits per heavy atom. The third kappa shape index (κ3) is 6.27. The van der Waals surface area contributed by atoms with Gasteiger partial charge < -0.3 is 9.64 Å². The van der Waals surface area contributed by atoms with E-state index >= 15 is 0 Å². The molecule has 0 bridgehead atoms. The van der Waals surface area contributed by atoms with Gasteiger partial charge in [-0.3, -0.25) is 4.90 Å². The number of ether oxygens (including phenoxy) is 1. The maximum atomic E-state index is 12.0. The Kier molecular flexibility index (Phi) is 7.01. The maximum absolute atomic E-state index is 12.0. The number of likely N-dealkylation sites (N-methyl/N-ethyl adjacent to an activating group) is 1. The van der Waals surface area contributed by atoms with Gasteiger partial charge in [-0.05, 0) is 46.7 Å². The molecule has 0 radical (unpaired) electrons. The number of amides is 1. The van der Waals surface area contributed by atoms with Crippen molar-refractivity contribution in [3.63, 3.8) is 0 Å². The standard InChI is InChI=1S/C16H29ClN2O2/c1-6-18(7-2)12-14(17)13-8-10-19(11-9-13)15(20)21-16(3,4)5/h6-12H2,1-5H3. The third-order valence-electron chi connectivity index (χ3n) is 3.66. The van der Waals surface area contributed by atoms with E-state index in [1.807, 2.05) is 20.8 Å². The van der Waals surface area contributed by atoms with Crippen molar-refractivity contribution in [2.24, 2.45) is 0 Å². The summed E-state index contributed by atoms with van der Waals surface area (Å²) in [4.78, 5) is 16.1. The molecular formula is C16H29ClN2O2. The third-order valence-corrected chi connectivity index (χ3v) is 4.05. The van der Waals surface area contributed by atoms with Crippen LogP contribution < -0.4 is 0 Å². The van der Waals surface area contributed by atoms with E-state index < -0.39 is 5.60 Å². The van der Waals surface area contributed by atoms with Crippen molar-refractivity contribution >= 4 is 17.7 Å². The van der Waals surface area contributed by atoms with Gasteiger partial charge in [0.2, 0.25) is 0 Å². The van der Waals surface area contributed by atoms with Crippen molar-refractivity contribution in [2.45, 2.75) is 53.1 Å². The zero-order valence-electron chi connectivity index (χ0n) is 14.0. The van der Waals surface area contributed by atoms with Crippen molar-refractivity contribution in [3.05, 3.63) is 10.6 Å². The number of halogens is 1. The summed E-state index contributed by atoms with van der Waals surface area (Å²) in [6.45, 7) is 14.2. The van der Waals surface area contributed by atoms with Crippen LogP contribution in [0.5, 0.6) is 0 Å². The fourth-order valence-corrected chi connectivity index (χ4v) is 2.67. The van der Waals surface area contributed by atoms with E-state index in [9.17, 15) is 4.79 Å². The fourth-order valence-electron chi connectivity index (χ4n) is 2.31. The number of carbonyl (C=O) groups excluding carboxylic acids is 1. The minimum Gasteiger partial charge on any atom is -0.444 e. The molecule has 122 valence electrons. The van der Waals surface area contributed by atoms with Crippen LogP contribution in [0.2, 0.25) is 0 Å². The van der Waals surface area contributed by atoms with E-state index in [2.05, 4.69) is 18.7 Å². The average molecular weight is 317 g/mol. The first-order valence-corrected chi connectivity index (χ1v) is 8.21. The molecule has 4 nitrogen and oxygen atoms in total. The molecule has 0 aromatic heterocycles. The Morgan fingerprint density at radius 3 is 2.19 bits per heavy atom. The van der Waals surface area contributed by atoms with Crippen LogP contribution in [0.1, 0.15) is 47.5 Å².